The number of amides is 1. The first-order chi connectivity index (χ1) is 12.4. The lowest BCUT2D eigenvalue weighted by Crippen LogP contribution is -2.55. The minimum atomic E-state index is -3.08. The van der Waals surface area contributed by atoms with Crippen molar-refractivity contribution in [2.24, 2.45) is 10.9 Å². The van der Waals surface area contributed by atoms with Gasteiger partial charge in [0.2, 0.25) is 15.9 Å². The van der Waals surface area contributed by atoms with Gasteiger partial charge < -0.3 is 15.1 Å². The second kappa shape index (κ2) is 9.73. The molecule has 0 aromatic carbocycles. The lowest BCUT2D eigenvalue weighted by Gasteiger charge is -2.36. The Hall–Kier alpha value is -0.620. The number of rotatable bonds is 5. The topological polar surface area (TPSA) is 85.3 Å². The van der Waals surface area contributed by atoms with E-state index in [1.54, 1.807) is 4.31 Å². The summed E-state index contributed by atoms with van der Waals surface area (Å²) in [4.78, 5) is 21.2. The van der Waals surface area contributed by atoms with Crippen LogP contribution >= 0.6 is 24.0 Å². The number of sulfonamides is 1. The van der Waals surface area contributed by atoms with E-state index < -0.39 is 10.0 Å². The second-order valence-electron chi connectivity index (χ2n) is 7.54. The predicted molar refractivity (Wildman–Crippen MR) is 117 cm³/mol. The summed E-state index contributed by atoms with van der Waals surface area (Å²) in [5.74, 6) is 1.40. The average Bonchev–Trinajstić information content (AvgIpc) is 3.43. The molecular weight excluding hydrogens is 481 g/mol. The third kappa shape index (κ3) is 6.18. The van der Waals surface area contributed by atoms with Crippen LogP contribution in [-0.2, 0) is 14.8 Å². The van der Waals surface area contributed by atoms with Crippen molar-refractivity contribution in [2.75, 3.05) is 52.1 Å². The fraction of sp³-hybridized carbons (Fsp3) is 0.882. The summed E-state index contributed by atoms with van der Waals surface area (Å²) in [6.45, 7) is 6.63. The van der Waals surface area contributed by atoms with Gasteiger partial charge >= 0.3 is 0 Å². The van der Waals surface area contributed by atoms with Gasteiger partial charge in [0.15, 0.2) is 5.96 Å². The molecule has 2 aliphatic heterocycles. The van der Waals surface area contributed by atoms with Gasteiger partial charge in [-0.15, -0.1) is 24.0 Å². The highest BCUT2D eigenvalue weighted by Gasteiger charge is 2.36. The molecule has 0 spiro atoms. The SMILES string of the molecule is CCNC(=NCC1CCN(S(C)(=O)=O)CC1)N1CCN(C2CC2)C(=O)C1.I. The van der Waals surface area contributed by atoms with Crippen LogP contribution in [0, 0.1) is 5.92 Å². The number of hydrogen-bond donors (Lipinski definition) is 1. The van der Waals surface area contributed by atoms with Gasteiger partial charge in [0.05, 0.1) is 12.8 Å². The molecule has 2 heterocycles. The lowest BCUT2D eigenvalue weighted by molar-refractivity contribution is -0.135. The zero-order valence-electron chi connectivity index (χ0n) is 16.3. The smallest absolute Gasteiger partial charge is 0.242 e. The lowest BCUT2D eigenvalue weighted by atomic mass is 9.98. The summed E-state index contributed by atoms with van der Waals surface area (Å²) < 4.78 is 24.8. The molecule has 0 radical (unpaired) electrons. The molecule has 0 aromatic rings. The van der Waals surface area contributed by atoms with Gasteiger partial charge in [-0.3, -0.25) is 9.79 Å². The Labute approximate surface area is 179 Å². The molecular formula is C17H32IN5O3S. The Balaban J connectivity index is 0.00000261. The highest BCUT2D eigenvalue weighted by atomic mass is 127. The maximum absolute atomic E-state index is 12.4. The van der Waals surface area contributed by atoms with Gasteiger partial charge in [-0.2, -0.15) is 0 Å². The van der Waals surface area contributed by atoms with E-state index in [9.17, 15) is 13.2 Å². The monoisotopic (exact) mass is 513 g/mol. The van der Waals surface area contributed by atoms with Crippen molar-refractivity contribution in [3.63, 3.8) is 0 Å². The zero-order valence-corrected chi connectivity index (χ0v) is 19.4. The third-order valence-corrected chi connectivity index (χ3v) is 6.72. The summed E-state index contributed by atoms with van der Waals surface area (Å²) in [5, 5.41) is 3.30. The summed E-state index contributed by atoms with van der Waals surface area (Å²) in [6, 6.07) is 0.476. The van der Waals surface area contributed by atoms with Crippen molar-refractivity contribution in [3.8, 4) is 0 Å². The van der Waals surface area contributed by atoms with Crippen LogP contribution in [0.15, 0.2) is 4.99 Å². The Bertz CT molecular complexity index is 645. The first-order valence-corrected chi connectivity index (χ1v) is 11.5. The highest BCUT2D eigenvalue weighted by Crippen LogP contribution is 2.28. The fourth-order valence-electron chi connectivity index (χ4n) is 3.70. The number of piperazine rings is 1. The number of halogens is 1. The highest BCUT2D eigenvalue weighted by molar-refractivity contribution is 14.0. The molecule has 2 saturated heterocycles. The molecule has 27 heavy (non-hydrogen) atoms. The van der Waals surface area contributed by atoms with Crippen LogP contribution in [0.1, 0.15) is 32.6 Å². The summed E-state index contributed by atoms with van der Waals surface area (Å²) in [7, 11) is -3.08. The van der Waals surface area contributed by atoms with E-state index in [1.807, 2.05) is 11.8 Å². The van der Waals surface area contributed by atoms with E-state index in [2.05, 4.69) is 10.2 Å². The van der Waals surface area contributed by atoms with Crippen LogP contribution < -0.4 is 5.32 Å². The third-order valence-electron chi connectivity index (χ3n) is 5.42. The molecule has 3 aliphatic rings. The van der Waals surface area contributed by atoms with Crippen LogP contribution in [0.4, 0.5) is 0 Å². The Kier molecular flexibility index (Phi) is 8.17. The van der Waals surface area contributed by atoms with E-state index in [-0.39, 0.29) is 29.9 Å². The van der Waals surface area contributed by atoms with Crippen LogP contribution in [0.3, 0.4) is 0 Å². The minimum Gasteiger partial charge on any atom is -0.357 e. The molecule has 0 aromatic heterocycles. The van der Waals surface area contributed by atoms with Gasteiger partial charge in [0.1, 0.15) is 0 Å². The van der Waals surface area contributed by atoms with Crippen LogP contribution in [0.25, 0.3) is 0 Å². The second-order valence-corrected chi connectivity index (χ2v) is 9.52. The molecule has 3 fully saturated rings. The standard InChI is InChI=1S/C17H31N5O3S.HI/c1-3-18-17(20-10-11-22(15-4-5-15)16(23)13-20)19-12-14-6-8-21(9-7-14)26(2,24)25;/h14-15H,3-13H2,1-2H3,(H,18,19);1H. The van der Waals surface area contributed by atoms with Gasteiger partial charge in [-0.05, 0) is 38.5 Å². The van der Waals surface area contributed by atoms with Crippen molar-refractivity contribution in [1.29, 1.82) is 0 Å². The van der Waals surface area contributed by atoms with E-state index in [1.165, 1.54) is 6.26 Å². The molecule has 1 aliphatic carbocycles. The summed E-state index contributed by atoms with van der Waals surface area (Å²) in [6.07, 6.45) is 5.24. The first kappa shape index (κ1) is 22.7. The Morgan fingerprint density at radius 1 is 1.15 bits per heavy atom. The minimum absolute atomic E-state index is 0. The largest absolute Gasteiger partial charge is 0.357 e. The average molecular weight is 513 g/mol. The van der Waals surface area contributed by atoms with Crippen molar-refractivity contribution in [1.82, 2.24) is 19.4 Å². The maximum atomic E-state index is 12.4. The van der Waals surface area contributed by atoms with Gasteiger partial charge in [0.25, 0.3) is 0 Å². The van der Waals surface area contributed by atoms with Gasteiger partial charge in [-0.1, -0.05) is 0 Å². The Morgan fingerprint density at radius 2 is 1.81 bits per heavy atom. The molecule has 8 nitrogen and oxygen atoms in total. The van der Waals surface area contributed by atoms with Crippen molar-refractivity contribution in [2.45, 2.75) is 38.6 Å². The van der Waals surface area contributed by atoms with E-state index in [0.717, 1.165) is 51.3 Å². The van der Waals surface area contributed by atoms with E-state index in [4.69, 9.17) is 4.99 Å². The van der Waals surface area contributed by atoms with E-state index >= 15 is 0 Å². The van der Waals surface area contributed by atoms with Crippen LogP contribution in [-0.4, -0.2) is 92.5 Å². The number of nitrogens with zero attached hydrogens (tertiary/aromatic N) is 4. The molecule has 1 saturated carbocycles. The fourth-order valence-corrected chi connectivity index (χ4v) is 4.58. The zero-order chi connectivity index (χ0) is 18.7. The normalized spacial score (nSPS) is 23.3. The molecule has 0 atom stereocenters. The molecule has 10 heteroatoms. The Morgan fingerprint density at radius 3 is 2.33 bits per heavy atom. The molecule has 1 N–H and O–H groups in total. The molecule has 0 bridgehead atoms. The van der Waals surface area contributed by atoms with Crippen LogP contribution in [0.5, 0.6) is 0 Å². The molecule has 156 valence electrons. The first-order valence-electron chi connectivity index (χ1n) is 9.66. The molecule has 1 amide bonds. The van der Waals surface area contributed by atoms with Gasteiger partial charge in [0, 0.05) is 45.3 Å². The number of carbonyl (C=O) groups is 1. The van der Waals surface area contributed by atoms with Crippen molar-refractivity contribution < 1.29 is 13.2 Å². The number of hydrogen-bond acceptors (Lipinski definition) is 4. The number of piperidine rings is 1. The molecule has 0 unspecified atom stereocenters. The number of guanidine groups is 1. The number of carbonyl (C=O) groups excluding carboxylic acids is 1. The van der Waals surface area contributed by atoms with E-state index in [0.29, 0.717) is 38.1 Å². The van der Waals surface area contributed by atoms with Gasteiger partial charge in [-0.25, -0.2) is 12.7 Å². The summed E-state index contributed by atoms with van der Waals surface area (Å²) in [5.41, 5.74) is 0. The quantitative estimate of drug-likeness (QED) is 0.330. The molecule has 3 rings (SSSR count). The van der Waals surface area contributed by atoms with Crippen molar-refractivity contribution in [3.05, 3.63) is 0 Å². The van der Waals surface area contributed by atoms with Crippen LogP contribution in [0.2, 0.25) is 0 Å². The number of nitrogens with one attached hydrogen (secondary N) is 1. The summed E-state index contributed by atoms with van der Waals surface area (Å²) >= 11 is 0. The maximum Gasteiger partial charge on any atom is 0.242 e. The predicted octanol–water partition coefficient (Wildman–Crippen LogP) is 0.548. The van der Waals surface area contributed by atoms with Crippen molar-refractivity contribution >= 4 is 45.9 Å². The number of aliphatic imine (C=N–C) groups is 1.